The smallest absolute Gasteiger partial charge is 0.127 e. The molecule has 3 nitrogen and oxygen atoms in total. The van der Waals surface area contributed by atoms with Gasteiger partial charge in [-0.1, -0.05) is 25.1 Å². The van der Waals surface area contributed by atoms with Crippen LogP contribution < -0.4 is 5.32 Å². The largest absolute Gasteiger partial charge is 0.310 e. The maximum atomic E-state index is 14.0. The van der Waals surface area contributed by atoms with Gasteiger partial charge in [-0.15, -0.1) is 0 Å². The summed E-state index contributed by atoms with van der Waals surface area (Å²) < 4.78 is 16.0. The van der Waals surface area contributed by atoms with Gasteiger partial charge >= 0.3 is 0 Å². The van der Waals surface area contributed by atoms with Crippen LogP contribution in [0.15, 0.2) is 30.3 Å². The van der Waals surface area contributed by atoms with E-state index in [4.69, 9.17) is 0 Å². The first-order valence-corrected chi connectivity index (χ1v) is 7.16. The molecule has 0 aliphatic carbocycles. The highest BCUT2D eigenvalue weighted by atomic mass is 19.1. The van der Waals surface area contributed by atoms with Gasteiger partial charge in [-0.05, 0) is 32.5 Å². The highest BCUT2D eigenvalue weighted by Crippen LogP contribution is 2.21. The van der Waals surface area contributed by atoms with Gasteiger partial charge in [0.2, 0.25) is 0 Å². The Labute approximate surface area is 119 Å². The minimum atomic E-state index is -0.155. The molecule has 0 saturated heterocycles. The molecular weight excluding hydrogens is 253 g/mol. The van der Waals surface area contributed by atoms with Gasteiger partial charge in [0, 0.05) is 30.3 Å². The van der Waals surface area contributed by atoms with Crippen molar-refractivity contribution >= 4 is 0 Å². The van der Waals surface area contributed by atoms with Crippen LogP contribution in [0.1, 0.15) is 36.8 Å². The zero-order valence-corrected chi connectivity index (χ0v) is 12.4. The second-order valence-electron chi connectivity index (χ2n) is 4.93. The first-order chi connectivity index (χ1) is 9.65. The minimum Gasteiger partial charge on any atom is -0.310 e. The number of nitrogens with zero attached hydrogens (tertiary/aromatic N) is 2. The number of aromatic nitrogens is 2. The van der Waals surface area contributed by atoms with Crippen molar-refractivity contribution in [3.8, 4) is 0 Å². The van der Waals surface area contributed by atoms with Crippen LogP contribution in [0.5, 0.6) is 0 Å². The Hall–Kier alpha value is -1.68. The summed E-state index contributed by atoms with van der Waals surface area (Å²) in [5.74, 6) is -0.155. The summed E-state index contributed by atoms with van der Waals surface area (Å²) >= 11 is 0. The summed E-state index contributed by atoms with van der Waals surface area (Å²) in [6, 6.07) is 9.02. The standard InChI is InChI=1S/C16H22FN3/c1-4-18-16(14-8-6-7-9-15(14)17)11-13-10-12(3)19-20(13)5-2/h6-10,16,18H,4-5,11H2,1-3H3. The van der Waals surface area contributed by atoms with E-state index in [9.17, 15) is 4.39 Å². The van der Waals surface area contributed by atoms with Gasteiger partial charge < -0.3 is 5.32 Å². The van der Waals surface area contributed by atoms with E-state index < -0.39 is 0 Å². The van der Waals surface area contributed by atoms with Crippen molar-refractivity contribution in [2.75, 3.05) is 6.54 Å². The third-order valence-electron chi connectivity index (χ3n) is 3.43. The number of hydrogen-bond donors (Lipinski definition) is 1. The summed E-state index contributed by atoms with van der Waals surface area (Å²) in [6.45, 7) is 7.73. The molecule has 1 heterocycles. The third kappa shape index (κ3) is 3.25. The SMILES string of the molecule is CCNC(Cc1cc(C)nn1CC)c1ccccc1F. The molecule has 1 atom stereocenters. The van der Waals surface area contributed by atoms with E-state index in [2.05, 4.69) is 23.4 Å². The fourth-order valence-electron chi connectivity index (χ4n) is 2.54. The Bertz CT molecular complexity index is 563. The monoisotopic (exact) mass is 275 g/mol. The summed E-state index contributed by atoms with van der Waals surface area (Å²) in [4.78, 5) is 0. The molecule has 1 aromatic carbocycles. The van der Waals surface area contributed by atoms with Gasteiger partial charge in [-0.2, -0.15) is 5.10 Å². The van der Waals surface area contributed by atoms with E-state index in [1.165, 1.54) is 6.07 Å². The lowest BCUT2D eigenvalue weighted by Crippen LogP contribution is -2.25. The van der Waals surface area contributed by atoms with Crippen LogP contribution in [-0.2, 0) is 13.0 Å². The number of aryl methyl sites for hydroxylation is 2. The van der Waals surface area contributed by atoms with E-state index in [0.29, 0.717) is 0 Å². The highest BCUT2D eigenvalue weighted by molar-refractivity contribution is 5.23. The number of rotatable bonds is 6. The minimum absolute atomic E-state index is 0.0254. The van der Waals surface area contributed by atoms with Gasteiger partial charge in [-0.3, -0.25) is 4.68 Å². The maximum absolute atomic E-state index is 14.0. The Morgan fingerprint density at radius 2 is 2.05 bits per heavy atom. The Balaban J connectivity index is 2.28. The van der Waals surface area contributed by atoms with Crippen LogP contribution in [0.25, 0.3) is 0 Å². The maximum Gasteiger partial charge on any atom is 0.127 e. The van der Waals surface area contributed by atoms with Crippen LogP contribution in [0.2, 0.25) is 0 Å². The molecule has 1 aromatic heterocycles. The molecule has 0 saturated carbocycles. The predicted octanol–water partition coefficient (Wildman–Crippen LogP) is 3.24. The molecule has 1 N–H and O–H groups in total. The first kappa shape index (κ1) is 14.7. The van der Waals surface area contributed by atoms with Crippen molar-refractivity contribution in [3.05, 3.63) is 53.1 Å². The number of nitrogens with one attached hydrogen (secondary N) is 1. The molecule has 2 rings (SSSR count). The molecule has 0 amide bonds. The van der Waals surface area contributed by atoms with Gasteiger partial charge in [0.15, 0.2) is 0 Å². The lowest BCUT2D eigenvalue weighted by Gasteiger charge is -2.19. The van der Waals surface area contributed by atoms with Crippen molar-refractivity contribution in [3.63, 3.8) is 0 Å². The average molecular weight is 275 g/mol. The second-order valence-corrected chi connectivity index (χ2v) is 4.93. The van der Waals surface area contributed by atoms with Crippen LogP contribution in [0, 0.1) is 12.7 Å². The summed E-state index contributed by atoms with van der Waals surface area (Å²) in [5.41, 5.74) is 2.86. The molecule has 0 fully saturated rings. The van der Waals surface area contributed by atoms with Crippen molar-refractivity contribution < 1.29 is 4.39 Å². The van der Waals surface area contributed by atoms with Crippen LogP contribution in [0.3, 0.4) is 0 Å². The molecule has 108 valence electrons. The third-order valence-corrected chi connectivity index (χ3v) is 3.43. The predicted molar refractivity (Wildman–Crippen MR) is 79.2 cm³/mol. The zero-order chi connectivity index (χ0) is 14.5. The number of likely N-dealkylation sites (N-methyl/N-ethyl adjacent to an activating group) is 1. The van der Waals surface area contributed by atoms with Crippen molar-refractivity contribution in [2.24, 2.45) is 0 Å². The zero-order valence-electron chi connectivity index (χ0n) is 12.4. The Kier molecular flexibility index (Phi) is 4.90. The van der Waals surface area contributed by atoms with E-state index >= 15 is 0 Å². The normalized spacial score (nSPS) is 12.6. The summed E-state index contributed by atoms with van der Waals surface area (Å²) in [5, 5.41) is 7.82. The van der Waals surface area contributed by atoms with E-state index in [1.54, 1.807) is 6.07 Å². The molecule has 0 aliphatic heterocycles. The molecule has 0 aliphatic rings. The quantitative estimate of drug-likeness (QED) is 0.877. The van der Waals surface area contributed by atoms with Crippen LogP contribution in [-0.4, -0.2) is 16.3 Å². The molecule has 2 aromatic rings. The van der Waals surface area contributed by atoms with Gasteiger partial charge in [0.05, 0.1) is 5.69 Å². The van der Waals surface area contributed by atoms with Crippen LogP contribution >= 0.6 is 0 Å². The van der Waals surface area contributed by atoms with Crippen molar-refractivity contribution in [2.45, 2.75) is 39.8 Å². The molecular formula is C16H22FN3. The Morgan fingerprint density at radius 3 is 2.70 bits per heavy atom. The van der Waals surface area contributed by atoms with Gasteiger partial charge in [0.25, 0.3) is 0 Å². The lowest BCUT2D eigenvalue weighted by atomic mass is 10.0. The molecule has 0 spiro atoms. The van der Waals surface area contributed by atoms with Crippen molar-refractivity contribution in [1.29, 1.82) is 0 Å². The molecule has 4 heteroatoms. The van der Waals surface area contributed by atoms with E-state index in [-0.39, 0.29) is 11.9 Å². The Morgan fingerprint density at radius 1 is 1.30 bits per heavy atom. The fourth-order valence-corrected chi connectivity index (χ4v) is 2.54. The second kappa shape index (κ2) is 6.66. The lowest BCUT2D eigenvalue weighted by molar-refractivity contribution is 0.490. The van der Waals surface area contributed by atoms with Crippen molar-refractivity contribution in [1.82, 2.24) is 15.1 Å². The van der Waals surface area contributed by atoms with Gasteiger partial charge in [-0.25, -0.2) is 4.39 Å². The fraction of sp³-hybridized carbons (Fsp3) is 0.438. The molecule has 1 unspecified atom stereocenters. The molecule has 0 radical (unpaired) electrons. The average Bonchev–Trinajstić information content (AvgIpc) is 2.79. The number of halogens is 1. The highest BCUT2D eigenvalue weighted by Gasteiger charge is 2.17. The first-order valence-electron chi connectivity index (χ1n) is 7.16. The number of hydrogen-bond acceptors (Lipinski definition) is 2. The van der Waals surface area contributed by atoms with Gasteiger partial charge in [0.1, 0.15) is 5.82 Å². The van der Waals surface area contributed by atoms with Crippen LogP contribution in [0.4, 0.5) is 4.39 Å². The number of benzene rings is 1. The van der Waals surface area contributed by atoms with E-state index in [1.807, 2.05) is 30.7 Å². The van der Waals surface area contributed by atoms with E-state index in [0.717, 1.165) is 36.5 Å². The summed E-state index contributed by atoms with van der Waals surface area (Å²) in [7, 11) is 0. The topological polar surface area (TPSA) is 29.9 Å². The summed E-state index contributed by atoms with van der Waals surface area (Å²) in [6.07, 6.45) is 0.740. The molecule has 20 heavy (non-hydrogen) atoms. The molecule has 0 bridgehead atoms.